The minimum absolute atomic E-state index is 0.506. The lowest BCUT2D eigenvalue weighted by molar-refractivity contribution is 1.08. The van der Waals surface area contributed by atoms with Crippen molar-refractivity contribution in [2.75, 3.05) is 6.26 Å². The Labute approximate surface area is 93.5 Å². The van der Waals surface area contributed by atoms with Crippen molar-refractivity contribution in [2.45, 2.75) is 12.8 Å². The van der Waals surface area contributed by atoms with E-state index < -0.39 is 0 Å². The van der Waals surface area contributed by atoms with Crippen molar-refractivity contribution in [3.8, 4) is 0 Å². The first-order chi connectivity index (χ1) is 7.31. The highest BCUT2D eigenvalue weighted by Crippen LogP contribution is 2.22. The first kappa shape index (κ1) is 10.2. The van der Waals surface area contributed by atoms with E-state index in [1.165, 1.54) is 22.9 Å². The predicted molar refractivity (Wildman–Crippen MR) is 66.4 cm³/mol. The Kier molecular flexibility index (Phi) is 3.06. The zero-order valence-corrected chi connectivity index (χ0v) is 9.42. The van der Waals surface area contributed by atoms with Gasteiger partial charge in [0, 0.05) is 5.56 Å². The number of nitrogens with two attached hydrogens (primary N) is 1. The molecule has 0 aromatic heterocycles. The summed E-state index contributed by atoms with van der Waals surface area (Å²) in [6, 6.07) is 8.31. The lowest BCUT2D eigenvalue weighted by Gasteiger charge is -1.97. The minimum atomic E-state index is 0.506. The summed E-state index contributed by atoms with van der Waals surface area (Å²) >= 11 is 1.41. The van der Waals surface area contributed by atoms with Crippen LogP contribution in [0.15, 0.2) is 34.5 Å². The molecule has 0 spiro atoms. The van der Waals surface area contributed by atoms with Gasteiger partial charge in [0.25, 0.3) is 0 Å². The summed E-state index contributed by atoms with van der Waals surface area (Å²) in [5.74, 6) is 0. The van der Waals surface area contributed by atoms with Gasteiger partial charge >= 0.3 is 0 Å². The summed E-state index contributed by atoms with van der Waals surface area (Å²) in [7, 11) is 0. The number of rotatable bonds is 1. The fourth-order valence-electron chi connectivity index (χ4n) is 1.66. The van der Waals surface area contributed by atoms with Gasteiger partial charge in [0.1, 0.15) is 0 Å². The smallest absolute Gasteiger partial charge is 0.180 e. The Bertz CT molecular complexity index is 424. The Morgan fingerprint density at radius 2 is 2.13 bits per heavy atom. The Hall–Kier alpha value is -1.29. The van der Waals surface area contributed by atoms with Crippen LogP contribution < -0.4 is 5.73 Å². The summed E-state index contributed by atoms with van der Waals surface area (Å²) in [5, 5.41) is 8.67. The Morgan fingerprint density at radius 1 is 1.33 bits per heavy atom. The molecule has 78 valence electrons. The van der Waals surface area contributed by atoms with E-state index in [4.69, 9.17) is 5.73 Å². The summed E-state index contributed by atoms with van der Waals surface area (Å²) in [4.78, 5) is 0. The molecule has 2 N–H and O–H groups in total. The highest BCUT2D eigenvalue weighted by atomic mass is 32.2. The molecule has 0 aliphatic heterocycles. The third-order valence-electron chi connectivity index (χ3n) is 2.44. The molecular formula is C11H13N3S. The average molecular weight is 219 g/mol. The molecule has 15 heavy (non-hydrogen) atoms. The molecule has 0 amide bonds. The standard InChI is InChI=1S/C11H13N3S/c1-15-11(12)14-13-10-7-6-8-4-2-3-5-9(8)10/h2-5H,6-7H2,1H3,(H2,12,14)/b13-10+. The van der Waals surface area contributed by atoms with Crippen molar-refractivity contribution in [3.05, 3.63) is 35.4 Å². The van der Waals surface area contributed by atoms with Crippen LogP contribution in [0.3, 0.4) is 0 Å². The van der Waals surface area contributed by atoms with Crippen LogP contribution in [-0.4, -0.2) is 17.1 Å². The second-order valence-corrected chi connectivity index (χ2v) is 4.17. The number of nitrogens with zero attached hydrogens (tertiary/aromatic N) is 2. The predicted octanol–water partition coefficient (Wildman–Crippen LogP) is 2.01. The molecule has 0 unspecified atom stereocenters. The number of amidine groups is 1. The molecule has 1 aliphatic carbocycles. The Balaban J connectivity index is 2.28. The van der Waals surface area contributed by atoms with Crippen LogP contribution in [0.2, 0.25) is 0 Å². The molecule has 0 atom stereocenters. The molecule has 1 aliphatic rings. The van der Waals surface area contributed by atoms with Crippen molar-refractivity contribution >= 4 is 22.6 Å². The van der Waals surface area contributed by atoms with Crippen LogP contribution in [0, 0.1) is 0 Å². The van der Waals surface area contributed by atoms with E-state index in [2.05, 4.69) is 28.4 Å². The third-order valence-corrected chi connectivity index (χ3v) is 2.94. The maximum atomic E-state index is 5.58. The number of aryl methyl sites for hydroxylation is 1. The van der Waals surface area contributed by atoms with Gasteiger partial charge in [-0.05, 0) is 24.7 Å². The van der Waals surface area contributed by atoms with Crippen molar-refractivity contribution < 1.29 is 0 Å². The Morgan fingerprint density at radius 3 is 2.93 bits per heavy atom. The van der Waals surface area contributed by atoms with Gasteiger partial charge in [-0.25, -0.2) is 0 Å². The lowest BCUT2D eigenvalue weighted by Crippen LogP contribution is -2.05. The van der Waals surface area contributed by atoms with Crippen molar-refractivity contribution in [1.29, 1.82) is 0 Å². The first-order valence-corrected chi connectivity index (χ1v) is 6.06. The molecule has 0 saturated carbocycles. The molecule has 2 rings (SSSR count). The maximum absolute atomic E-state index is 5.58. The van der Waals surface area contributed by atoms with E-state index in [0.29, 0.717) is 5.17 Å². The van der Waals surface area contributed by atoms with Gasteiger partial charge in [0.15, 0.2) is 5.17 Å². The van der Waals surface area contributed by atoms with Gasteiger partial charge in [0.2, 0.25) is 0 Å². The summed E-state index contributed by atoms with van der Waals surface area (Å²) < 4.78 is 0. The number of fused-ring (bicyclic) bond motifs is 1. The fraction of sp³-hybridized carbons (Fsp3) is 0.273. The molecule has 1 aromatic rings. The van der Waals surface area contributed by atoms with Gasteiger partial charge in [-0.3, -0.25) is 0 Å². The average Bonchev–Trinajstić information content (AvgIpc) is 2.69. The fourth-order valence-corrected chi connectivity index (χ4v) is 1.78. The normalized spacial score (nSPS) is 18.2. The minimum Gasteiger partial charge on any atom is -0.377 e. The SMILES string of the molecule is CSC(N)=N/N=C1\CCc2ccccc21. The molecule has 4 heteroatoms. The largest absolute Gasteiger partial charge is 0.377 e. The van der Waals surface area contributed by atoms with Crippen LogP contribution in [0.1, 0.15) is 17.5 Å². The van der Waals surface area contributed by atoms with Gasteiger partial charge in [-0.1, -0.05) is 36.0 Å². The van der Waals surface area contributed by atoms with Crippen LogP contribution in [0.25, 0.3) is 0 Å². The zero-order valence-electron chi connectivity index (χ0n) is 8.60. The lowest BCUT2D eigenvalue weighted by atomic mass is 10.1. The highest BCUT2D eigenvalue weighted by molar-refractivity contribution is 8.13. The van der Waals surface area contributed by atoms with E-state index in [9.17, 15) is 0 Å². The quantitative estimate of drug-likeness (QED) is 0.446. The highest BCUT2D eigenvalue weighted by Gasteiger charge is 2.16. The first-order valence-electron chi connectivity index (χ1n) is 4.83. The number of thioether (sulfide) groups is 1. The van der Waals surface area contributed by atoms with E-state index in [1.807, 2.05) is 12.3 Å². The molecule has 1 aromatic carbocycles. The molecule has 0 bridgehead atoms. The second-order valence-electron chi connectivity index (χ2n) is 3.35. The number of hydrogen-bond donors (Lipinski definition) is 1. The second kappa shape index (κ2) is 4.49. The molecule has 0 fully saturated rings. The molecule has 0 radical (unpaired) electrons. The van der Waals surface area contributed by atoms with Gasteiger partial charge in [0.05, 0.1) is 5.71 Å². The van der Waals surface area contributed by atoms with E-state index in [-0.39, 0.29) is 0 Å². The van der Waals surface area contributed by atoms with Crippen LogP contribution in [0.4, 0.5) is 0 Å². The summed E-state index contributed by atoms with van der Waals surface area (Å²) in [5.41, 5.74) is 9.19. The summed E-state index contributed by atoms with van der Waals surface area (Å²) in [6.07, 6.45) is 3.91. The molecule has 3 nitrogen and oxygen atoms in total. The van der Waals surface area contributed by atoms with Crippen LogP contribution in [-0.2, 0) is 6.42 Å². The molecule has 0 saturated heterocycles. The summed E-state index contributed by atoms with van der Waals surface area (Å²) in [6.45, 7) is 0. The van der Waals surface area contributed by atoms with Crippen molar-refractivity contribution in [3.63, 3.8) is 0 Å². The zero-order chi connectivity index (χ0) is 10.7. The van der Waals surface area contributed by atoms with E-state index in [1.54, 1.807) is 0 Å². The maximum Gasteiger partial charge on any atom is 0.180 e. The topological polar surface area (TPSA) is 50.7 Å². The van der Waals surface area contributed by atoms with Gasteiger partial charge < -0.3 is 5.73 Å². The number of hydrogen-bond acceptors (Lipinski definition) is 3. The number of benzene rings is 1. The van der Waals surface area contributed by atoms with Crippen LogP contribution in [0.5, 0.6) is 0 Å². The molecule has 0 heterocycles. The van der Waals surface area contributed by atoms with Crippen molar-refractivity contribution in [2.24, 2.45) is 15.9 Å². The monoisotopic (exact) mass is 219 g/mol. The van der Waals surface area contributed by atoms with E-state index >= 15 is 0 Å². The van der Waals surface area contributed by atoms with Gasteiger partial charge in [-0.15, -0.1) is 5.10 Å². The van der Waals surface area contributed by atoms with E-state index in [0.717, 1.165) is 18.6 Å². The third kappa shape index (κ3) is 2.21. The van der Waals surface area contributed by atoms with Crippen LogP contribution >= 0.6 is 11.8 Å². The van der Waals surface area contributed by atoms with Crippen molar-refractivity contribution in [1.82, 2.24) is 0 Å². The van der Waals surface area contributed by atoms with Gasteiger partial charge in [-0.2, -0.15) is 5.10 Å². The molecular weight excluding hydrogens is 206 g/mol.